The Labute approximate surface area is 191 Å². The van der Waals surface area contributed by atoms with Gasteiger partial charge >= 0.3 is 0 Å². The maximum atomic E-state index is 14.0. The fourth-order valence-corrected chi connectivity index (χ4v) is 3.69. The average molecular weight is 439 g/mol. The quantitative estimate of drug-likeness (QED) is 0.315. The number of halogens is 1. The normalized spacial score (nSPS) is 11.0. The molecule has 0 unspecified atom stereocenters. The molecular formula is C27H22FN3O2. The molecule has 0 radical (unpaired) electrons. The van der Waals surface area contributed by atoms with E-state index in [4.69, 9.17) is 9.47 Å². The molecule has 5 nitrogen and oxygen atoms in total. The van der Waals surface area contributed by atoms with Crippen molar-refractivity contribution in [1.29, 1.82) is 0 Å². The minimum Gasteiger partial charge on any atom is -0.473 e. The number of benzene rings is 3. The van der Waals surface area contributed by atoms with E-state index in [-0.39, 0.29) is 5.82 Å². The predicted molar refractivity (Wildman–Crippen MR) is 125 cm³/mol. The number of nitrogens with zero attached hydrogens (tertiary/aromatic N) is 3. The van der Waals surface area contributed by atoms with Crippen molar-refractivity contribution >= 4 is 10.9 Å². The van der Waals surface area contributed by atoms with Gasteiger partial charge in [0.15, 0.2) is 0 Å². The molecule has 0 saturated heterocycles. The molecule has 164 valence electrons. The summed E-state index contributed by atoms with van der Waals surface area (Å²) in [6.07, 6.45) is 0. The Bertz CT molecular complexity index is 1390. The van der Waals surface area contributed by atoms with Gasteiger partial charge in [0.2, 0.25) is 11.8 Å². The summed E-state index contributed by atoms with van der Waals surface area (Å²) in [7, 11) is 1.83. The highest BCUT2D eigenvalue weighted by Gasteiger charge is 2.18. The van der Waals surface area contributed by atoms with Gasteiger partial charge in [-0.15, -0.1) is 0 Å². The van der Waals surface area contributed by atoms with Crippen molar-refractivity contribution in [1.82, 2.24) is 14.8 Å². The molecular weight excluding hydrogens is 417 g/mol. The van der Waals surface area contributed by atoms with Gasteiger partial charge in [-0.3, -0.25) is 4.68 Å². The monoisotopic (exact) mass is 439 g/mol. The van der Waals surface area contributed by atoms with Crippen molar-refractivity contribution in [3.63, 3.8) is 0 Å². The van der Waals surface area contributed by atoms with E-state index in [1.807, 2.05) is 73.8 Å². The molecule has 6 heteroatoms. The van der Waals surface area contributed by atoms with Gasteiger partial charge in [0.1, 0.15) is 24.7 Å². The van der Waals surface area contributed by atoms with E-state index >= 15 is 0 Å². The van der Waals surface area contributed by atoms with Crippen LogP contribution in [0.3, 0.4) is 0 Å². The predicted octanol–water partition coefficient (Wildman–Crippen LogP) is 5.93. The van der Waals surface area contributed by atoms with Crippen LogP contribution in [0.25, 0.3) is 22.2 Å². The summed E-state index contributed by atoms with van der Waals surface area (Å²) in [4.78, 5) is 4.63. The molecule has 5 rings (SSSR count). The largest absolute Gasteiger partial charge is 0.473 e. The third-order valence-corrected chi connectivity index (χ3v) is 5.35. The van der Waals surface area contributed by atoms with E-state index in [2.05, 4.69) is 10.1 Å². The fourth-order valence-electron chi connectivity index (χ4n) is 3.69. The van der Waals surface area contributed by atoms with Crippen molar-refractivity contribution in [2.24, 2.45) is 7.05 Å². The Morgan fingerprint density at radius 2 is 1.45 bits per heavy atom. The molecule has 0 bridgehead atoms. The number of fused-ring (bicyclic) bond motifs is 1. The zero-order valence-electron chi connectivity index (χ0n) is 18.1. The van der Waals surface area contributed by atoms with Crippen molar-refractivity contribution in [2.45, 2.75) is 13.2 Å². The van der Waals surface area contributed by atoms with Crippen LogP contribution in [0, 0.1) is 5.82 Å². The number of aromatic nitrogens is 3. The number of aryl methyl sites for hydroxylation is 1. The molecule has 33 heavy (non-hydrogen) atoms. The lowest BCUT2D eigenvalue weighted by Gasteiger charge is -2.12. The van der Waals surface area contributed by atoms with Crippen LogP contribution in [0.5, 0.6) is 11.8 Å². The Kier molecular flexibility index (Phi) is 5.72. The topological polar surface area (TPSA) is 49.2 Å². The molecule has 0 N–H and O–H groups in total. The molecule has 0 spiro atoms. The lowest BCUT2D eigenvalue weighted by molar-refractivity contribution is 0.268. The summed E-state index contributed by atoms with van der Waals surface area (Å²) in [6, 6.07) is 28.0. The Morgan fingerprint density at radius 3 is 2.15 bits per heavy atom. The molecule has 2 heterocycles. The number of hydrogen-bond donors (Lipinski definition) is 0. The highest BCUT2D eigenvalue weighted by molar-refractivity contribution is 5.94. The van der Waals surface area contributed by atoms with Gasteiger partial charge in [0.25, 0.3) is 0 Å². The van der Waals surface area contributed by atoms with E-state index in [1.165, 1.54) is 12.1 Å². The average Bonchev–Trinajstić information content (AvgIpc) is 3.18. The molecule has 3 aromatic carbocycles. The van der Waals surface area contributed by atoms with E-state index in [0.717, 1.165) is 16.6 Å². The van der Waals surface area contributed by atoms with E-state index < -0.39 is 0 Å². The van der Waals surface area contributed by atoms with Gasteiger partial charge in [0, 0.05) is 18.5 Å². The second-order valence-electron chi connectivity index (χ2n) is 7.68. The summed E-state index contributed by atoms with van der Waals surface area (Å²) < 4.78 is 27.8. The summed E-state index contributed by atoms with van der Waals surface area (Å²) >= 11 is 0. The first-order valence-electron chi connectivity index (χ1n) is 10.6. The van der Waals surface area contributed by atoms with E-state index in [1.54, 1.807) is 16.8 Å². The van der Waals surface area contributed by atoms with Gasteiger partial charge in [-0.25, -0.2) is 4.39 Å². The Morgan fingerprint density at radius 1 is 0.788 bits per heavy atom. The molecule has 0 fully saturated rings. The van der Waals surface area contributed by atoms with Gasteiger partial charge in [-0.05, 0) is 35.4 Å². The zero-order chi connectivity index (χ0) is 22.6. The summed E-state index contributed by atoms with van der Waals surface area (Å²) in [6.45, 7) is 0.727. The second kappa shape index (κ2) is 9.12. The minimum atomic E-state index is -0.320. The SMILES string of the molecule is Cn1nc(-c2ccc(OCc3ccccc3)nc2OCc2ccccc2)c2cc(F)ccc21. The molecule has 0 saturated carbocycles. The molecule has 0 aliphatic carbocycles. The number of ether oxygens (including phenoxy) is 2. The van der Waals surface area contributed by atoms with Crippen LogP contribution in [0.2, 0.25) is 0 Å². The second-order valence-corrected chi connectivity index (χ2v) is 7.68. The fraction of sp³-hybridized carbons (Fsp3) is 0.111. The molecule has 0 amide bonds. The van der Waals surface area contributed by atoms with Crippen LogP contribution in [0.15, 0.2) is 91.0 Å². The highest BCUT2D eigenvalue weighted by Crippen LogP contribution is 2.35. The molecule has 2 aromatic heterocycles. The van der Waals surface area contributed by atoms with Gasteiger partial charge < -0.3 is 9.47 Å². The number of hydrogen-bond acceptors (Lipinski definition) is 4. The van der Waals surface area contributed by atoms with Crippen LogP contribution >= 0.6 is 0 Å². The summed E-state index contributed by atoms with van der Waals surface area (Å²) in [5, 5.41) is 5.33. The third-order valence-electron chi connectivity index (χ3n) is 5.35. The van der Waals surface area contributed by atoms with E-state index in [9.17, 15) is 4.39 Å². The first-order chi connectivity index (χ1) is 16.2. The van der Waals surface area contributed by atoms with Crippen molar-refractivity contribution < 1.29 is 13.9 Å². The molecule has 0 aliphatic rings. The van der Waals surface area contributed by atoms with Gasteiger partial charge in [0.05, 0.1) is 11.1 Å². The van der Waals surface area contributed by atoms with Crippen LogP contribution in [0.4, 0.5) is 4.39 Å². The molecule has 0 aliphatic heterocycles. The summed E-state index contributed by atoms with van der Waals surface area (Å²) in [5.41, 5.74) is 4.16. The van der Waals surface area contributed by atoms with Crippen LogP contribution in [-0.4, -0.2) is 14.8 Å². The first-order valence-corrected chi connectivity index (χ1v) is 10.6. The lowest BCUT2D eigenvalue weighted by Crippen LogP contribution is -2.02. The number of pyridine rings is 1. The third kappa shape index (κ3) is 4.55. The standard InChI is InChI=1S/C27H22FN3O2/c1-31-24-14-12-21(28)16-23(24)26(30-31)22-13-15-25(32-17-19-8-4-2-5-9-19)29-27(22)33-18-20-10-6-3-7-11-20/h2-16H,17-18H2,1H3. The maximum Gasteiger partial charge on any atom is 0.226 e. The van der Waals surface area contributed by atoms with Gasteiger partial charge in [-0.1, -0.05) is 60.7 Å². The van der Waals surface area contributed by atoms with Crippen LogP contribution in [0.1, 0.15) is 11.1 Å². The van der Waals surface area contributed by atoms with Gasteiger partial charge in [-0.2, -0.15) is 10.1 Å². The zero-order valence-corrected chi connectivity index (χ0v) is 18.1. The Balaban J connectivity index is 1.51. The van der Waals surface area contributed by atoms with Crippen LogP contribution in [-0.2, 0) is 20.3 Å². The summed E-state index contributed by atoms with van der Waals surface area (Å²) in [5.74, 6) is 0.505. The van der Waals surface area contributed by atoms with Crippen molar-refractivity contribution in [2.75, 3.05) is 0 Å². The highest BCUT2D eigenvalue weighted by atomic mass is 19.1. The Hall–Kier alpha value is -4.19. The van der Waals surface area contributed by atoms with Crippen molar-refractivity contribution in [3.05, 3.63) is 108 Å². The molecule has 5 aromatic rings. The van der Waals surface area contributed by atoms with Crippen LogP contribution < -0.4 is 9.47 Å². The first kappa shape index (κ1) is 20.7. The van der Waals surface area contributed by atoms with Crippen molar-refractivity contribution in [3.8, 4) is 23.0 Å². The molecule has 0 atom stereocenters. The number of rotatable bonds is 7. The smallest absolute Gasteiger partial charge is 0.226 e. The minimum absolute atomic E-state index is 0.320. The van der Waals surface area contributed by atoms with E-state index in [0.29, 0.717) is 41.6 Å². The maximum absolute atomic E-state index is 14.0. The lowest BCUT2D eigenvalue weighted by atomic mass is 10.1.